The Kier molecular flexibility index (Phi) is 7.21. The van der Waals surface area contributed by atoms with Crippen LogP contribution < -0.4 is 10.0 Å². The van der Waals surface area contributed by atoms with Gasteiger partial charge in [0.1, 0.15) is 6.54 Å². The number of amides is 1. The SMILES string of the molecule is Cc1ccc(S(=O)(=O)NCC(=O)OC(C)C(=O)Nc2ccccc2C(F)(F)F)cc1. The number of carbonyl (C=O) groups excluding carboxylic acids is 2. The Morgan fingerprint density at radius 1 is 1.07 bits per heavy atom. The van der Waals surface area contributed by atoms with Gasteiger partial charge in [-0.3, -0.25) is 9.59 Å². The van der Waals surface area contributed by atoms with Crippen molar-refractivity contribution in [3.8, 4) is 0 Å². The molecule has 2 N–H and O–H groups in total. The number of ether oxygens (including phenoxy) is 1. The Labute approximate surface area is 171 Å². The van der Waals surface area contributed by atoms with Crippen molar-refractivity contribution in [1.29, 1.82) is 0 Å². The first-order chi connectivity index (χ1) is 13.9. The fourth-order valence-corrected chi connectivity index (χ4v) is 3.29. The molecule has 0 radical (unpaired) electrons. The number of aryl methyl sites for hydroxylation is 1. The highest BCUT2D eigenvalue weighted by molar-refractivity contribution is 7.89. The van der Waals surface area contributed by atoms with Crippen molar-refractivity contribution < 1.29 is 35.9 Å². The molecular weight excluding hydrogens is 425 g/mol. The summed E-state index contributed by atoms with van der Waals surface area (Å²) < 4.78 is 70.1. The molecule has 11 heteroatoms. The summed E-state index contributed by atoms with van der Waals surface area (Å²) in [5.74, 6) is -2.07. The molecule has 1 unspecified atom stereocenters. The van der Waals surface area contributed by atoms with Crippen molar-refractivity contribution in [2.75, 3.05) is 11.9 Å². The third kappa shape index (κ3) is 6.29. The summed E-state index contributed by atoms with van der Waals surface area (Å²) in [6, 6.07) is 10.2. The summed E-state index contributed by atoms with van der Waals surface area (Å²) in [6.45, 7) is 2.17. The van der Waals surface area contributed by atoms with E-state index in [1.165, 1.54) is 24.3 Å². The van der Waals surface area contributed by atoms with Crippen LogP contribution in [0.3, 0.4) is 0 Å². The number of rotatable bonds is 7. The van der Waals surface area contributed by atoms with Gasteiger partial charge >= 0.3 is 12.1 Å². The number of hydrogen-bond donors (Lipinski definition) is 2. The van der Waals surface area contributed by atoms with Gasteiger partial charge < -0.3 is 10.1 Å². The number of para-hydroxylation sites is 1. The van der Waals surface area contributed by atoms with Crippen LogP contribution in [0.25, 0.3) is 0 Å². The number of alkyl halides is 3. The van der Waals surface area contributed by atoms with Gasteiger partial charge in [0.15, 0.2) is 6.10 Å². The Morgan fingerprint density at radius 3 is 2.27 bits per heavy atom. The molecule has 0 aliphatic rings. The van der Waals surface area contributed by atoms with Gasteiger partial charge in [-0.2, -0.15) is 17.9 Å². The molecule has 2 aromatic carbocycles. The van der Waals surface area contributed by atoms with E-state index < -0.39 is 52.0 Å². The van der Waals surface area contributed by atoms with E-state index >= 15 is 0 Å². The molecule has 0 saturated heterocycles. The highest BCUT2D eigenvalue weighted by Gasteiger charge is 2.34. The van der Waals surface area contributed by atoms with E-state index in [1.54, 1.807) is 19.1 Å². The van der Waals surface area contributed by atoms with Gasteiger partial charge in [0, 0.05) is 0 Å². The lowest BCUT2D eigenvalue weighted by Crippen LogP contribution is -2.36. The second kappa shape index (κ2) is 9.26. The van der Waals surface area contributed by atoms with Gasteiger partial charge in [-0.15, -0.1) is 0 Å². The number of hydrogen-bond acceptors (Lipinski definition) is 5. The zero-order valence-corrected chi connectivity index (χ0v) is 16.8. The van der Waals surface area contributed by atoms with Gasteiger partial charge in [-0.05, 0) is 38.1 Å². The highest BCUT2D eigenvalue weighted by atomic mass is 32.2. The van der Waals surface area contributed by atoms with E-state index in [9.17, 15) is 31.2 Å². The van der Waals surface area contributed by atoms with Crippen molar-refractivity contribution in [2.45, 2.75) is 31.0 Å². The van der Waals surface area contributed by atoms with Crippen LogP contribution >= 0.6 is 0 Å². The number of nitrogens with one attached hydrogen (secondary N) is 2. The molecule has 0 saturated carbocycles. The Bertz CT molecular complexity index is 1020. The molecule has 162 valence electrons. The summed E-state index contributed by atoms with van der Waals surface area (Å²) in [6.07, 6.45) is -6.14. The number of carbonyl (C=O) groups is 2. The van der Waals surface area contributed by atoms with Crippen LogP contribution in [0.4, 0.5) is 18.9 Å². The van der Waals surface area contributed by atoms with Crippen molar-refractivity contribution in [3.05, 3.63) is 59.7 Å². The predicted octanol–water partition coefficient (Wildman–Crippen LogP) is 2.86. The minimum atomic E-state index is -4.68. The molecule has 0 aliphatic heterocycles. The van der Waals surface area contributed by atoms with Gasteiger partial charge in [0.2, 0.25) is 10.0 Å². The van der Waals surface area contributed by atoms with Gasteiger partial charge in [-0.1, -0.05) is 29.8 Å². The maximum absolute atomic E-state index is 13.0. The van der Waals surface area contributed by atoms with E-state index in [2.05, 4.69) is 5.32 Å². The Balaban J connectivity index is 1.94. The molecule has 2 rings (SSSR count). The highest BCUT2D eigenvalue weighted by Crippen LogP contribution is 2.34. The van der Waals surface area contributed by atoms with E-state index in [0.29, 0.717) is 0 Å². The van der Waals surface area contributed by atoms with Crippen LogP contribution in [-0.2, 0) is 30.5 Å². The molecule has 0 spiro atoms. The smallest absolute Gasteiger partial charge is 0.418 e. The van der Waals surface area contributed by atoms with Crippen LogP contribution in [0.15, 0.2) is 53.4 Å². The standard InChI is InChI=1S/C19H19F3N2O5S/c1-12-7-9-14(10-8-12)30(27,28)23-11-17(25)29-13(2)18(26)24-16-6-4-3-5-15(16)19(20,21)22/h3-10,13,23H,11H2,1-2H3,(H,24,26). The van der Waals surface area contributed by atoms with Crippen LogP contribution in [-0.4, -0.2) is 32.9 Å². The lowest BCUT2D eigenvalue weighted by molar-refractivity contribution is -0.152. The number of anilines is 1. The zero-order chi connectivity index (χ0) is 22.5. The lowest BCUT2D eigenvalue weighted by atomic mass is 10.1. The summed E-state index contributed by atoms with van der Waals surface area (Å²) in [7, 11) is -3.98. The van der Waals surface area contributed by atoms with Gasteiger partial charge in [0.25, 0.3) is 5.91 Å². The predicted molar refractivity (Wildman–Crippen MR) is 102 cm³/mol. The molecule has 1 atom stereocenters. The fourth-order valence-electron chi connectivity index (χ4n) is 2.32. The minimum Gasteiger partial charge on any atom is -0.452 e. The third-order valence-corrected chi connectivity index (χ3v) is 5.32. The molecule has 0 bridgehead atoms. The molecule has 0 aliphatic carbocycles. The van der Waals surface area contributed by atoms with Crippen LogP contribution in [0.2, 0.25) is 0 Å². The van der Waals surface area contributed by atoms with Gasteiger partial charge in [-0.25, -0.2) is 8.42 Å². The first-order valence-electron chi connectivity index (χ1n) is 8.63. The minimum absolute atomic E-state index is 0.0598. The van der Waals surface area contributed by atoms with E-state index in [4.69, 9.17) is 4.74 Å². The second-order valence-electron chi connectivity index (χ2n) is 6.30. The Morgan fingerprint density at radius 2 is 1.67 bits per heavy atom. The van der Waals surface area contributed by atoms with E-state index in [0.717, 1.165) is 24.6 Å². The van der Waals surface area contributed by atoms with Crippen LogP contribution in [0, 0.1) is 6.92 Å². The third-order valence-electron chi connectivity index (χ3n) is 3.91. The molecular formula is C19H19F3N2O5S. The first kappa shape index (κ1) is 23.4. The molecule has 0 fully saturated rings. The fraction of sp³-hybridized carbons (Fsp3) is 0.263. The van der Waals surface area contributed by atoms with Crippen molar-refractivity contribution >= 4 is 27.6 Å². The largest absolute Gasteiger partial charge is 0.452 e. The van der Waals surface area contributed by atoms with Crippen LogP contribution in [0.5, 0.6) is 0 Å². The topological polar surface area (TPSA) is 102 Å². The summed E-state index contributed by atoms with van der Waals surface area (Å²) in [5.41, 5.74) is -0.694. The maximum atomic E-state index is 13.0. The summed E-state index contributed by atoms with van der Waals surface area (Å²) in [4.78, 5) is 23.9. The first-order valence-corrected chi connectivity index (χ1v) is 10.1. The average Bonchev–Trinajstić information content (AvgIpc) is 2.66. The molecule has 7 nitrogen and oxygen atoms in total. The molecule has 1 amide bonds. The molecule has 0 aromatic heterocycles. The quantitative estimate of drug-likeness (QED) is 0.640. The summed E-state index contributed by atoms with van der Waals surface area (Å²) >= 11 is 0. The second-order valence-corrected chi connectivity index (χ2v) is 8.07. The molecule has 0 heterocycles. The number of halogens is 3. The normalized spacial score (nSPS) is 12.8. The lowest BCUT2D eigenvalue weighted by Gasteiger charge is -2.17. The van der Waals surface area contributed by atoms with Gasteiger partial charge in [0.05, 0.1) is 16.1 Å². The van der Waals surface area contributed by atoms with Crippen molar-refractivity contribution in [2.24, 2.45) is 0 Å². The average molecular weight is 444 g/mol. The monoisotopic (exact) mass is 444 g/mol. The number of esters is 1. The van der Waals surface area contributed by atoms with Crippen molar-refractivity contribution in [1.82, 2.24) is 4.72 Å². The van der Waals surface area contributed by atoms with E-state index in [1.807, 2.05) is 4.72 Å². The van der Waals surface area contributed by atoms with Crippen LogP contribution in [0.1, 0.15) is 18.1 Å². The number of benzene rings is 2. The number of sulfonamides is 1. The Hall–Kier alpha value is -2.92. The summed E-state index contributed by atoms with van der Waals surface area (Å²) in [5, 5.41) is 2.05. The zero-order valence-electron chi connectivity index (χ0n) is 16.0. The van der Waals surface area contributed by atoms with Crippen molar-refractivity contribution in [3.63, 3.8) is 0 Å². The van der Waals surface area contributed by atoms with E-state index in [-0.39, 0.29) is 4.90 Å². The maximum Gasteiger partial charge on any atom is 0.418 e. The molecule has 30 heavy (non-hydrogen) atoms. The molecule has 2 aromatic rings.